The SMILES string of the molecule is CCc1nnc(NC(=O)NC(C)N2C(=O)c3ccccc3C2=O)s1. The first-order valence-corrected chi connectivity index (χ1v) is 8.19. The van der Waals surface area contributed by atoms with Gasteiger partial charge in [0.2, 0.25) is 5.13 Å². The summed E-state index contributed by atoms with van der Waals surface area (Å²) in [5, 5.41) is 14.0. The molecule has 0 aliphatic carbocycles. The Morgan fingerprint density at radius 2 is 1.83 bits per heavy atom. The van der Waals surface area contributed by atoms with Gasteiger partial charge in [0.1, 0.15) is 11.2 Å². The number of aromatic nitrogens is 2. The molecule has 0 bridgehead atoms. The van der Waals surface area contributed by atoms with Crippen molar-refractivity contribution >= 4 is 34.3 Å². The number of urea groups is 1. The van der Waals surface area contributed by atoms with Crippen LogP contribution in [0.4, 0.5) is 9.93 Å². The van der Waals surface area contributed by atoms with Crippen LogP contribution in [-0.2, 0) is 6.42 Å². The number of rotatable bonds is 4. The number of anilines is 1. The first kappa shape index (κ1) is 16.1. The highest BCUT2D eigenvalue weighted by Gasteiger charge is 2.38. The van der Waals surface area contributed by atoms with Crippen LogP contribution in [0.1, 0.15) is 39.6 Å². The summed E-state index contributed by atoms with van der Waals surface area (Å²) in [5.74, 6) is -0.847. The molecule has 0 fully saturated rings. The lowest BCUT2D eigenvalue weighted by Crippen LogP contribution is -2.50. The van der Waals surface area contributed by atoms with E-state index in [-0.39, 0.29) is 0 Å². The average molecular weight is 345 g/mol. The van der Waals surface area contributed by atoms with Gasteiger partial charge in [0.05, 0.1) is 11.1 Å². The third-order valence-electron chi connectivity index (χ3n) is 3.54. The van der Waals surface area contributed by atoms with Gasteiger partial charge in [-0.05, 0) is 25.5 Å². The Labute approximate surface area is 141 Å². The fraction of sp³-hybridized carbons (Fsp3) is 0.267. The van der Waals surface area contributed by atoms with Crippen molar-refractivity contribution in [2.45, 2.75) is 26.4 Å². The number of aryl methyl sites for hydroxylation is 1. The number of nitrogens with zero attached hydrogens (tertiary/aromatic N) is 3. The standard InChI is InChI=1S/C15H15N5O3S/c1-3-11-18-19-15(24-11)17-14(23)16-8(2)20-12(21)9-6-4-5-7-10(9)13(20)22/h4-8H,3H2,1-2H3,(H2,16,17,19,23). The van der Waals surface area contributed by atoms with Crippen LogP contribution < -0.4 is 10.6 Å². The maximum atomic E-state index is 12.3. The topological polar surface area (TPSA) is 104 Å². The Kier molecular flexibility index (Phi) is 4.26. The minimum Gasteiger partial charge on any atom is -0.317 e. The van der Waals surface area contributed by atoms with Crippen molar-refractivity contribution in [2.24, 2.45) is 0 Å². The molecular formula is C15H15N5O3S. The van der Waals surface area contributed by atoms with Crippen molar-refractivity contribution in [3.8, 4) is 0 Å². The van der Waals surface area contributed by atoms with Crippen LogP contribution in [-0.4, -0.2) is 39.1 Å². The molecule has 1 aliphatic heterocycles. The number of amides is 4. The number of carbonyl (C=O) groups is 3. The molecule has 1 aromatic heterocycles. The van der Waals surface area contributed by atoms with E-state index in [2.05, 4.69) is 20.8 Å². The second-order valence-corrected chi connectivity index (χ2v) is 6.22. The minimum absolute atomic E-state index is 0.341. The molecule has 0 spiro atoms. The summed E-state index contributed by atoms with van der Waals surface area (Å²) in [6, 6.07) is 6.02. The van der Waals surface area contributed by atoms with Gasteiger partial charge in [-0.3, -0.25) is 19.8 Å². The van der Waals surface area contributed by atoms with Gasteiger partial charge in [0, 0.05) is 0 Å². The molecule has 1 atom stereocenters. The maximum Gasteiger partial charge on any atom is 0.322 e. The van der Waals surface area contributed by atoms with Gasteiger partial charge in [-0.1, -0.05) is 30.4 Å². The van der Waals surface area contributed by atoms with Crippen molar-refractivity contribution < 1.29 is 14.4 Å². The predicted octanol–water partition coefficient (Wildman–Crippen LogP) is 1.86. The summed E-state index contributed by atoms with van der Waals surface area (Å²) < 4.78 is 0. The van der Waals surface area contributed by atoms with Gasteiger partial charge in [0.25, 0.3) is 11.8 Å². The van der Waals surface area contributed by atoms with E-state index in [4.69, 9.17) is 0 Å². The lowest BCUT2D eigenvalue weighted by molar-refractivity contribution is 0.0581. The van der Waals surface area contributed by atoms with E-state index in [1.54, 1.807) is 31.2 Å². The number of nitrogens with one attached hydrogen (secondary N) is 2. The fourth-order valence-electron chi connectivity index (χ4n) is 2.39. The maximum absolute atomic E-state index is 12.3. The normalized spacial score (nSPS) is 14.5. The van der Waals surface area contributed by atoms with E-state index >= 15 is 0 Å². The van der Waals surface area contributed by atoms with Crippen LogP contribution >= 0.6 is 11.3 Å². The van der Waals surface area contributed by atoms with Gasteiger partial charge < -0.3 is 5.32 Å². The fourth-order valence-corrected chi connectivity index (χ4v) is 3.07. The predicted molar refractivity (Wildman–Crippen MR) is 87.8 cm³/mol. The van der Waals surface area contributed by atoms with Crippen LogP contribution in [0.2, 0.25) is 0 Å². The van der Waals surface area contributed by atoms with Gasteiger partial charge >= 0.3 is 6.03 Å². The van der Waals surface area contributed by atoms with Crippen LogP contribution in [0.15, 0.2) is 24.3 Å². The molecule has 24 heavy (non-hydrogen) atoms. The lowest BCUT2D eigenvalue weighted by Gasteiger charge is -2.23. The summed E-state index contributed by atoms with van der Waals surface area (Å²) in [4.78, 5) is 37.7. The highest BCUT2D eigenvalue weighted by atomic mass is 32.1. The van der Waals surface area contributed by atoms with Gasteiger partial charge in [-0.15, -0.1) is 10.2 Å². The summed E-state index contributed by atoms with van der Waals surface area (Å²) in [6.45, 7) is 3.51. The molecule has 4 amide bonds. The van der Waals surface area contributed by atoms with Crippen LogP contribution in [0.25, 0.3) is 0 Å². The van der Waals surface area contributed by atoms with Crippen LogP contribution in [0.3, 0.4) is 0 Å². The van der Waals surface area contributed by atoms with E-state index in [9.17, 15) is 14.4 Å². The van der Waals surface area contributed by atoms with Gasteiger partial charge in [-0.25, -0.2) is 4.79 Å². The quantitative estimate of drug-likeness (QED) is 0.823. The number of hydrogen-bond donors (Lipinski definition) is 2. The molecular weight excluding hydrogens is 330 g/mol. The van der Waals surface area contributed by atoms with Crippen LogP contribution in [0, 0.1) is 0 Å². The summed E-state index contributed by atoms with van der Waals surface area (Å²) in [7, 11) is 0. The number of fused-ring (bicyclic) bond motifs is 1. The van der Waals surface area contributed by atoms with Gasteiger partial charge in [0.15, 0.2) is 0 Å². The Morgan fingerprint density at radius 3 is 2.38 bits per heavy atom. The highest BCUT2D eigenvalue weighted by Crippen LogP contribution is 2.23. The Balaban J connectivity index is 1.67. The third kappa shape index (κ3) is 2.85. The Hall–Kier alpha value is -2.81. The summed E-state index contributed by atoms with van der Waals surface area (Å²) in [6.07, 6.45) is -0.0668. The molecule has 0 saturated heterocycles. The largest absolute Gasteiger partial charge is 0.322 e. The summed E-state index contributed by atoms with van der Waals surface area (Å²) in [5.41, 5.74) is 0.682. The van der Waals surface area contributed by atoms with E-state index in [0.717, 1.165) is 16.3 Å². The smallest absolute Gasteiger partial charge is 0.317 e. The average Bonchev–Trinajstić information content (AvgIpc) is 3.11. The van der Waals surface area contributed by atoms with Crippen molar-refractivity contribution in [2.75, 3.05) is 5.32 Å². The molecule has 8 nitrogen and oxygen atoms in total. The Bertz CT molecular complexity index is 784. The molecule has 2 N–H and O–H groups in total. The van der Waals surface area contributed by atoms with E-state index < -0.39 is 24.0 Å². The van der Waals surface area contributed by atoms with Crippen molar-refractivity contribution in [3.05, 3.63) is 40.4 Å². The monoisotopic (exact) mass is 345 g/mol. The van der Waals surface area contributed by atoms with Crippen LogP contribution in [0.5, 0.6) is 0 Å². The van der Waals surface area contributed by atoms with E-state index in [1.165, 1.54) is 11.3 Å². The number of imide groups is 1. The van der Waals surface area contributed by atoms with Crippen molar-refractivity contribution in [3.63, 3.8) is 0 Å². The van der Waals surface area contributed by atoms with E-state index in [1.807, 2.05) is 6.92 Å². The van der Waals surface area contributed by atoms with Crippen molar-refractivity contribution in [1.29, 1.82) is 0 Å². The van der Waals surface area contributed by atoms with E-state index in [0.29, 0.717) is 16.3 Å². The number of benzene rings is 1. The molecule has 0 saturated carbocycles. The zero-order valence-corrected chi connectivity index (χ0v) is 13.9. The molecule has 1 aliphatic rings. The first-order valence-electron chi connectivity index (χ1n) is 7.38. The molecule has 1 unspecified atom stereocenters. The molecule has 0 radical (unpaired) electrons. The number of hydrogen-bond acceptors (Lipinski definition) is 6. The highest BCUT2D eigenvalue weighted by molar-refractivity contribution is 7.15. The summed E-state index contributed by atoms with van der Waals surface area (Å²) >= 11 is 1.27. The Morgan fingerprint density at radius 1 is 1.21 bits per heavy atom. The number of carbonyl (C=O) groups excluding carboxylic acids is 3. The first-order chi connectivity index (χ1) is 11.5. The molecule has 9 heteroatoms. The van der Waals surface area contributed by atoms with Gasteiger partial charge in [-0.2, -0.15) is 0 Å². The zero-order chi connectivity index (χ0) is 17.3. The molecule has 2 aromatic rings. The minimum atomic E-state index is -0.795. The molecule has 124 valence electrons. The second kappa shape index (κ2) is 6.36. The van der Waals surface area contributed by atoms with Crippen molar-refractivity contribution in [1.82, 2.24) is 20.4 Å². The second-order valence-electron chi connectivity index (χ2n) is 5.15. The molecule has 2 heterocycles. The lowest BCUT2D eigenvalue weighted by atomic mass is 10.1. The molecule has 1 aromatic carbocycles. The zero-order valence-electron chi connectivity index (χ0n) is 13.1. The molecule has 3 rings (SSSR count). The third-order valence-corrected chi connectivity index (χ3v) is 4.53.